The second-order valence-electron chi connectivity index (χ2n) is 6.09. The highest BCUT2D eigenvalue weighted by Gasteiger charge is 2.18. The van der Waals surface area contributed by atoms with E-state index in [9.17, 15) is 5.11 Å². The maximum absolute atomic E-state index is 10.3. The third-order valence-electron chi connectivity index (χ3n) is 4.58. The molecule has 1 N–H and O–H groups in total. The zero-order valence-corrected chi connectivity index (χ0v) is 12.5. The molecule has 1 heteroatoms. The maximum atomic E-state index is 10.3. The zero-order valence-electron chi connectivity index (χ0n) is 12.5. The van der Waals surface area contributed by atoms with Gasteiger partial charge in [0.15, 0.2) is 0 Å². The molecular weight excluding hydrogens is 232 g/mol. The van der Waals surface area contributed by atoms with Crippen LogP contribution in [0.1, 0.15) is 75.0 Å². The first-order chi connectivity index (χ1) is 9.22. The summed E-state index contributed by atoms with van der Waals surface area (Å²) in [4.78, 5) is 0. The highest BCUT2D eigenvalue weighted by molar-refractivity contribution is 5.35. The Morgan fingerprint density at radius 1 is 1.11 bits per heavy atom. The van der Waals surface area contributed by atoms with E-state index in [1.54, 1.807) is 0 Å². The van der Waals surface area contributed by atoms with Gasteiger partial charge in [0.25, 0.3) is 0 Å². The van der Waals surface area contributed by atoms with Gasteiger partial charge in [-0.1, -0.05) is 51.3 Å². The van der Waals surface area contributed by atoms with Crippen LogP contribution < -0.4 is 0 Å². The average molecular weight is 260 g/mol. The Bertz CT molecular complexity index is 397. The molecule has 2 rings (SSSR count). The van der Waals surface area contributed by atoms with Gasteiger partial charge in [0.05, 0.1) is 6.10 Å². The molecule has 1 unspecified atom stereocenters. The van der Waals surface area contributed by atoms with Crippen molar-refractivity contribution in [3.63, 3.8) is 0 Å². The normalized spacial score (nSPS) is 17.8. The fourth-order valence-electron chi connectivity index (χ4n) is 3.11. The number of fused-ring (bicyclic) bond motifs is 1. The topological polar surface area (TPSA) is 20.2 Å². The van der Waals surface area contributed by atoms with Crippen LogP contribution in [0.5, 0.6) is 0 Å². The van der Waals surface area contributed by atoms with Crippen molar-refractivity contribution in [3.05, 3.63) is 34.9 Å². The van der Waals surface area contributed by atoms with E-state index in [4.69, 9.17) is 0 Å². The van der Waals surface area contributed by atoms with E-state index < -0.39 is 0 Å². The maximum Gasteiger partial charge on any atom is 0.0606 e. The first-order valence-electron chi connectivity index (χ1n) is 8.02. The summed E-state index contributed by atoms with van der Waals surface area (Å²) < 4.78 is 0. The summed E-state index contributed by atoms with van der Waals surface area (Å²) in [7, 11) is 0. The molecule has 0 fully saturated rings. The van der Waals surface area contributed by atoms with Crippen molar-refractivity contribution in [2.24, 2.45) is 0 Å². The Labute approximate surface area is 118 Å². The summed E-state index contributed by atoms with van der Waals surface area (Å²) in [6, 6.07) is 6.87. The van der Waals surface area contributed by atoms with E-state index >= 15 is 0 Å². The SMILES string of the molecule is CCCCC[C@@H](O)C(C)c1ccc2c(c1)CCCC2. The van der Waals surface area contributed by atoms with Crippen molar-refractivity contribution in [3.8, 4) is 0 Å². The fourth-order valence-corrected chi connectivity index (χ4v) is 3.11. The molecule has 1 aliphatic rings. The van der Waals surface area contributed by atoms with Crippen molar-refractivity contribution in [1.29, 1.82) is 0 Å². The van der Waals surface area contributed by atoms with Gasteiger partial charge in [-0.25, -0.2) is 0 Å². The zero-order chi connectivity index (χ0) is 13.7. The Morgan fingerprint density at radius 3 is 2.58 bits per heavy atom. The van der Waals surface area contributed by atoms with E-state index in [0.29, 0.717) is 0 Å². The Balaban J connectivity index is 2.00. The lowest BCUT2D eigenvalue weighted by atomic mass is 9.85. The molecular formula is C18H28O. The lowest BCUT2D eigenvalue weighted by Crippen LogP contribution is -2.16. The molecule has 0 bridgehead atoms. The van der Waals surface area contributed by atoms with Crippen molar-refractivity contribution < 1.29 is 5.11 Å². The van der Waals surface area contributed by atoms with E-state index in [-0.39, 0.29) is 12.0 Å². The molecule has 0 heterocycles. The van der Waals surface area contributed by atoms with Crippen molar-refractivity contribution in [1.82, 2.24) is 0 Å². The standard InChI is InChI=1S/C18H28O/c1-3-4-5-10-18(19)14(2)16-12-11-15-8-6-7-9-17(15)13-16/h11-14,18-19H,3-10H2,1-2H3/t14?,18-/m1/s1. The van der Waals surface area contributed by atoms with Crippen LogP contribution in [0.3, 0.4) is 0 Å². The first-order valence-corrected chi connectivity index (χ1v) is 8.02. The number of aliphatic hydroxyl groups is 1. The summed E-state index contributed by atoms with van der Waals surface area (Å²) in [6.45, 7) is 4.38. The molecule has 0 saturated carbocycles. The molecule has 2 atom stereocenters. The number of rotatable bonds is 6. The smallest absolute Gasteiger partial charge is 0.0606 e. The van der Waals surface area contributed by atoms with Gasteiger partial charge in [0, 0.05) is 5.92 Å². The summed E-state index contributed by atoms with van der Waals surface area (Å²) in [5.41, 5.74) is 4.38. The molecule has 0 saturated heterocycles. The molecule has 0 aliphatic heterocycles. The Hall–Kier alpha value is -0.820. The van der Waals surface area contributed by atoms with Crippen LogP contribution in [0.4, 0.5) is 0 Å². The van der Waals surface area contributed by atoms with Crippen LogP contribution in [0.2, 0.25) is 0 Å². The van der Waals surface area contributed by atoms with Crippen molar-refractivity contribution >= 4 is 0 Å². The van der Waals surface area contributed by atoms with E-state index in [2.05, 4.69) is 32.0 Å². The van der Waals surface area contributed by atoms with Gasteiger partial charge < -0.3 is 5.11 Å². The van der Waals surface area contributed by atoms with Crippen LogP contribution in [0, 0.1) is 0 Å². The highest BCUT2D eigenvalue weighted by atomic mass is 16.3. The molecule has 1 aromatic carbocycles. The number of benzene rings is 1. The lowest BCUT2D eigenvalue weighted by molar-refractivity contribution is 0.136. The van der Waals surface area contributed by atoms with Gasteiger partial charge in [-0.05, 0) is 48.8 Å². The predicted molar refractivity (Wildman–Crippen MR) is 81.6 cm³/mol. The minimum absolute atomic E-state index is 0.187. The monoisotopic (exact) mass is 260 g/mol. The molecule has 1 nitrogen and oxygen atoms in total. The van der Waals surface area contributed by atoms with Crippen LogP contribution in [0.15, 0.2) is 18.2 Å². The number of hydrogen-bond donors (Lipinski definition) is 1. The van der Waals surface area contributed by atoms with Gasteiger partial charge in [0.2, 0.25) is 0 Å². The highest BCUT2D eigenvalue weighted by Crippen LogP contribution is 2.28. The number of unbranched alkanes of at least 4 members (excludes halogenated alkanes) is 2. The lowest BCUT2D eigenvalue weighted by Gasteiger charge is -2.22. The van der Waals surface area contributed by atoms with Crippen LogP contribution >= 0.6 is 0 Å². The van der Waals surface area contributed by atoms with Crippen molar-refractivity contribution in [2.45, 2.75) is 77.2 Å². The molecule has 106 valence electrons. The Kier molecular flexibility index (Phi) is 5.45. The van der Waals surface area contributed by atoms with Crippen LogP contribution in [-0.4, -0.2) is 11.2 Å². The van der Waals surface area contributed by atoms with E-state index in [0.717, 1.165) is 12.8 Å². The third-order valence-corrected chi connectivity index (χ3v) is 4.58. The Morgan fingerprint density at radius 2 is 1.84 bits per heavy atom. The van der Waals surface area contributed by atoms with Gasteiger partial charge in [0.1, 0.15) is 0 Å². The molecule has 0 aromatic heterocycles. The number of aliphatic hydroxyl groups excluding tert-OH is 1. The molecule has 1 aromatic rings. The molecule has 1 aliphatic carbocycles. The molecule has 0 amide bonds. The molecule has 19 heavy (non-hydrogen) atoms. The molecule has 0 spiro atoms. The van der Waals surface area contributed by atoms with Gasteiger partial charge in [-0.2, -0.15) is 0 Å². The van der Waals surface area contributed by atoms with Gasteiger partial charge in [-0.15, -0.1) is 0 Å². The van der Waals surface area contributed by atoms with E-state index in [1.807, 2.05) is 0 Å². The van der Waals surface area contributed by atoms with Gasteiger partial charge in [-0.3, -0.25) is 0 Å². The third kappa shape index (κ3) is 3.82. The molecule has 0 radical (unpaired) electrons. The van der Waals surface area contributed by atoms with Gasteiger partial charge >= 0.3 is 0 Å². The largest absolute Gasteiger partial charge is 0.393 e. The number of hydrogen-bond acceptors (Lipinski definition) is 1. The summed E-state index contributed by atoms with van der Waals surface area (Å²) in [5, 5.41) is 10.3. The second-order valence-corrected chi connectivity index (χ2v) is 6.09. The first kappa shape index (κ1) is 14.6. The minimum Gasteiger partial charge on any atom is -0.393 e. The quantitative estimate of drug-likeness (QED) is 0.741. The average Bonchev–Trinajstić information content (AvgIpc) is 2.46. The second kappa shape index (κ2) is 7.09. The van der Waals surface area contributed by atoms with E-state index in [1.165, 1.54) is 55.2 Å². The predicted octanol–water partition coefficient (Wildman–Crippen LogP) is 4.61. The number of aryl methyl sites for hydroxylation is 2. The summed E-state index contributed by atoms with van der Waals surface area (Å²) in [6.07, 6.45) is 9.47. The van der Waals surface area contributed by atoms with Crippen LogP contribution in [0.25, 0.3) is 0 Å². The van der Waals surface area contributed by atoms with Crippen molar-refractivity contribution in [2.75, 3.05) is 0 Å². The summed E-state index contributed by atoms with van der Waals surface area (Å²) >= 11 is 0. The summed E-state index contributed by atoms with van der Waals surface area (Å²) in [5.74, 6) is 0.268. The minimum atomic E-state index is -0.187. The fraction of sp³-hybridized carbons (Fsp3) is 0.667. The van der Waals surface area contributed by atoms with Crippen LogP contribution in [-0.2, 0) is 12.8 Å².